The highest BCUT2D eigenvalue weighted by Crippen LogP contribution is 2.35. The Morgan fingerprint density at radius 3 is 3.10 bits per heavy atom. The van der Waals surface area contributed by atoms with Gasteiger partial charge < -0.3 is 19.4 Å². The first-order chi connectivity index (χ1) is 10.4. The van der Waals surface area contributed by atoms with E-state index in [0.29, 0.717) is 6.79 Å². The van der Waals surface area contributed by atoms with Gasteiger partial charge in [-0.2, -0.15) is 0 Å². The zero-order valence-electron chi connectivity index (χ0n) is 12.2. The Labute approximate surface area is 123 Å². The maximum atomic E-state index is 5.51. The first kappa shape index (κ1) is 12.7. The lowest BCUT2D eigenvalue weighted by Gasteiger charge is -2.16. The standard InChI is InChI=1S/C16H19N3O2/c1-2-3-16-18-12-9-17-7-6-13(12)19(16)11-4-5-14-15(8-11)21-10-20-14/h4-5,8,17H,2-3,6-7,9-10H2,1H3. The van der Waals surface area contributed by atoms with Gasteiger partial charge in [-0.15, -0.1) is 0 Å². The van der Waals surface area contributed by atoms with Crippen LogP contribution in [0.1, 0.15) is 30.6 Å². The average molecular weight is 285 g/mol. The summed E-state index contributed by atoms with van der Waals surface area (Å²) in [5.41, 5.74) is 3.64. The van der Waals surface area contributed by atoms with Crippen LogP contribution in [0.15, 0.2) is 18.2 Å². The minimum atomic E-state index is 0.312. The van der Waals surface area contributed by atoms with Gasteiger partial charge in [-0.1, -0.05) is 6.92 Å². The van der Waals surface area contributed by atoms with Crippen molar-refractivity contribution in [2.75, 3.05) is 13.3 Å². The molecule has 0 radical (unpaired) electrons. The third-order valence-electron chi connectivity index (χ3n) is 4.04. The predicted molar refractivity (Wildman–Crippen MR) is 79.1 cm³/mol. The van der Waals surface area contributed by atoms with Crippen molar-refractivity contribution in [2.45, 2.75) is 32.7 Å². The van der Waals surface area contributed by atoms with E-state index in [0.717, 1.165) is 55.4 Å². The molecule has 0 aliphatic carbocycles. The van der Waals surface area contributed by atoms with E-state index in [1.165, 1.54) is 11.4 Å². The van der Waals surface area contributed by atoms with Crippen molar-refractivity contribution >= 4 is 0 Å². The van der Waals surface area contributed by atoms with Gasteiger partial charge in [0.2, 0.25) is 6.79 Å². The molecule has 0 spiro atoms. The molecule has 0 fully saturated rings. The van der Waals surface area contributed by atoms with Crippen molar-refractivity contribution in [1.29, 1.82) is 0 Å². The van der Waals surface area contributed by atoms with Gasteiger partial charge in [-0.05, 0) is 18.6 Å². The Morgan fingerprint density at radius 1 is 1.29 bits per heavy atom. The summed E-state index contributed by atoms with van der Waals surface area (Å²) < 4.78 is 13.2. The zero-order valence-corrected chi connectivity index (χ0v) is 12.2. The Balaban J connectivity index is 1.84. The van der Waals surface area contributed by atoms with Crippen molar-refractivity contribution in [2.24, 2.45) is 0 Å². The highest BCUT2D eigenvalue weighted by molar-refractivity contribution is 5.51. The summed E-state index contributed by atoms with van der Waals surface area (Å²) in [4.78, 5) is 4.84. The third-order valence-corrected chi connectivity index (χ3v) is 4.04. The quantitative estimate of drug-likeness (QED) is 0.939. The van der Waals surface area contributed by atoms with Gasteiger partial charge in [0.25, 0.3) is 0 Å². The molecule has 0 bridgehead atoms. The van der Waals surface area contributed by atoms with Crippen LogP contribution in [0.5, 0.6) is 11.5 Å². The van der Waals surface area contributed by atoms with Crippen molar-refractivity contribution in [1.82, 2.24) is 14.9 Å². The Kier molecular flexibility index (Phi) is 3.07. The van der Waals surface area contributed by atoms with E-state index in [1.807, 2.05) is 6.07 Å². The third kappa shape index (κ3) is 2.08. The number of hydrogen-bond donors (Lipinski definition) is 1. The highest BCUT2D eigenvalue weighted by Gasteiger charge is 2.22. The number of ether oxygens (including phenoxy) is 2. The number of nitrogens with zero attached hydrogens (tertiary/aromatic N) is 2. The molecule has 0 unspecified atom stereocenters. The van der Waals surface area contributed by atoms with Crippen LogP contribution in [0.2, 0.25) is 0 Å². The Hall–Kier alpha value is -2.01. The summed E-state index contributed by atoms with van der Waals surface area (Å²) in [5, 5.41) is 3.40. The van der Waals surface area contributed by atoms with Gasteiger partial charge in [0.1, 0.15) is 5.82 Å². The number of nitrogens with one attached hydrogen (secondary N) is 1. The fourth-order valence-electron chi connectivity index (χ4n) is 3.09. The second-order valence-corrected chi connectivity index (χ2v) is 5.47. The van der Waals surface area contributed by atoms with E-state index >= 15 is 0 Å². The molecule has 110 valence electrons. The molecular formula is C16H19N3O2. The van der Waals surface area contributed by atoms with Crippen LogP contribution in [0.4, 0.5) is 0 Å². The molecule has 2 aliphatic heterocycles. The van der Waals surface area contributed by atoms with Crippen molar-refractivity contribution in [3.05, 3.63) is 35.4 Å². The Bertz CT molecular complexity index is 678. The summed E-state index contributed by atoms with van der Waals surface area (Å²) in [5.74, 6) is 2.79. The lowest BCUT2D eigenvalue weighted by Crippen LogP contribution is -2.24. The first-order valence-electron chi connectivity index (χ1n) is 7.57. The summed E-state index contributed by atoms with van der Waals surface area (Å²) in [6, 6.07) is 6.14. The van der Waals surface area contributed by atoms with Crippen LogP contribution in [0.25, 0.3) is 5.69 Å². The number of hydrogen-bond acceptors (Lipinski definition) is 4. The largest absolute Gasteiger partial charge is 0.454 e. The first-order valence-corrected chi connectivity index (χ1v) is 7.57. The van der Waals surface area contributed by atoms with Gasteiger partial charge in [-0.3, -0.25) is 0 Å². The van der Waals surface area contributed by atoms with Gasteiger partial charge in [0.05, 0.1) is 11.4 Å². The fraction of sp³-hybridized carbons (Fsp3) is 0.438. The van der Waals surface area contributed by atoms with E-state index in [4.69, 9.17) is 14.5 Å². The van der Waals surface area contributed by atoms with Crippen LogP contribution in [0, 0.1) is 0 Å². The molecule has 0 atom stereocenters. The van der Waals surface area contributed by atoms with Gasteiger partial charge in [0.15, 0.2) is 11.5 Å². The smallest absolute Gasteiger partial charge is 0.231 e. The molecular weight excluding hydrogens is 266 g/mol. The van der Waals surface area contributed by atoms with E-state index < -0.39 is 0 Å². The van der Waals surface area contributed by atoms with Crippen LogP contribution in [0.3, 0.4) is 0 Å². The number of rotatable bonds is 3. The summed E-state index contributed by atoms with van der Waals surface area (Å²) in [7, 11) is 0. The maximum Gasteiger partial charge on any atom is 0.231 e. The molecule has 2 aromatic rings. The van der Waals surface area contributed by atoms with Crippen LogP contribution >= 0.6 is 0 Å². The van der Waals surface area contributed by atoms with E-state index in [2.05, 4.69) is 28.9 Å². The van der Waals surface area contributed by atoms with Crippen molar-refractivity contribution < 1.29 is 9.47 Å². The summed E-state index contributed by atoms with van der Waals surface area (Å²) in [6.45, 7) is 4.38. The van der Waals surface area contributed by atoms with Gasteiger partial charge in [-0.25, -0.2) is 4.98 Å². The molecule has 1 N–H and O–H groups in total. The van der Waals surface area contributed by atoms with E-state index in [-0.39, 0.29) is 0 Å². The summed E-state index contributed by atoms with van der Waals surface area (Å²) >= 11 is 0. The molecule has 5 heteroatoms. The second kappa shape index (κ2) is 5.07. The van der Waals surface area contributed by atoms with E-state index in [1.54, 1.807) is 0 Å². The monoisotopic (exact) mass is 285 g/mol. The van der Waals surface area contributed by atoms with Crippen LogP contribution in [-0.4, -0.2) is 22.9 Å². The molecule has 1 aromatic heterocycles. The lowest BCUT2D eigenvalue weighted by molar-refractivity contribution is 0.174. The molecule has 1 aromatic carbocycles. The molecule has 4 rings (SSSR count). The number of fused-ring (bicyclic) bond motifs is 2. The molecule has 21 heavy (non-hydrogen) atoms. The number of benzene rings is 1. The molecule has 0 saturated carbocycles. The van der Waals surface area contributed by atoms with Gasteiger partial charge >= 0.3 is 0 Å². The predicted octanol–water partition coefficient (Wildman–Crippen LogP) is 2.20. The number of imidazole rings is 1. The molecule has 5 nitrogen and oxygen atoms in total. The number of aromatic nitrogens is 2. The topological polar surface area (TPSA) is 48.3 Å². The maximum absolute atomic E-state index is 5.51. The SMILES string of the molecule is CCCc1nc2c(n1-c1ccc3c(c1)OCO3)CCNC2. The van der Waals surface area contributed by atoms with Crippen molar-refractivity contribution in [3.8, 4) is 17.2 Å². The van der Waals surface area contributed by atoms with Crippen LogP contribution in [-0.2, 0) is 19.4 Å². The molecule has 0 saturated heterocycles. The second-order valence-electron chi connectivity index (χ2n) is 5.47. The highest BCUT2D eigenvalue weighted by atomic mass is 16.7. The Morgan fingerprint density at radius 2 is 2.19 bits per heavy atom. The minimum absolute atomic E-state index is 0.312. The molecule has 2 aliphatic rings. The van der Waals surface area contributed by atoms with Crippen molar-refractivity contribution in [3.63, 3.8) is 0 Å². The minimum Gasteiger partial charge on any atom is -0.454 e. The van der Waals surface area contributed by atoms with Gasteiger partial charge in [0, 0.05) is 37.7 Å². The summed E-state index contributed by atoms with van der Waals surface area (Å²) in [6.07, 6.45) is 3.09. The number of aryl methyl sites for hydroxylation is 1. The zero-order chi connectivity index (χ0) is 14.2. The average Bonchev–Trinajstić information content (AvgIpc) is 3.10. The lowest BCUT2D eigenvalue weighted by atomic mass is 10.1. The van der Waals surface area contributed by atoms with E-state index in [9.17, 15) is 0 Å². The fourth-order valence-corrected chi connectivity index (χ4v) is 3.09. The molecule has 3 heterocycles. The molecule has 0 amide bonds. The normalized spacial score (nSPS) is 16.0. The van der Waals surface area contributed by atoms with Crippen LogP contribution < -0.4 is 14.8 Å².